The molecule has 1 atom stereocenters. The van der Waals surface area contributed by atoms with Crippen LogP contribution in [0.25, 0.3) is 0 Å². The maximum atomic E-state index is 5.52. The van der Waals surface area contributed by atoms with Gasteiger partial charge in [0.15, 0.2) is 5.11 Å². The minimum atomic E-state index is 0.314. The van der Waals surface area contributed by atoms with Crippen molar-refractivity contribution in [1.82, 2.24) is 5.32 Å². The molecule has 0 heterocycles. The molecule has 1 aromatic carbocycles. The second kappa shape index (κ2) is 3.96. The summed E-state index contributed by atoms with van der Waals surface area (Å²) in [5.41, 5.74) is 6.80. The minimum Gasteiger partial charge on any atom is -0.376 e. The van der Waals surface area contributed by atoms with Crippen molar-refractivity contribution in [1.29, 1.82) is 0 Å². The van der Waals surface area contributed by atoms with Crippen LogP contribution in [0.2, 0.25) is 0 Å². The van der Waals surface area contributed by atoms with Gasteiger partial charge in [-0.05, 0) is 36.5 Å². The largest absolute Gasteiger partial charge is 0.376 e. The Kier molecular flexibility index (Phi) is 2.68. The highest BCUT2D eigenvalue weighted by atomic mass is 32.1. The number of hydrogen-bond acceptors (Lipinski definition) is 1. The van der Waals surface area contributed by atoms with Crippen LogP contribution in [0.1, 0.15) is 24.4 Å². The third-order valence-electron chi connectivity index (χ3n) is 2.55. The van der Waals surface area contributed by atoms with Crippen molar-refractivity contribution in [3.8, 4) is 0 Å². The molecule has 1 aliphatic rings. The van der Waals surface area contributed by atoms with Crippen molar-refractivity contribution in [3.05, 3.63) is 35.9 Å². The van der Waals surface area contributed by atoms with Gasteiger partial charge in [0.05, 0.1) is 6.04 Å². The summed E-state index contributed by atoms with van der Waals surface area (Å²) in [6.07, 6.45) is 2.55. The summed E-state index contributed by atoms with van der Waals surface area (Å²) in [4.78, 5) is 0. The Balaban J connectivity index is 2.14. The molecule has 14 heavy (non-hydrogen) atoms. The molecule has 0 amide bonds. The molecule has 2 nitrogen and oxygen atoms in total. The van der Waals surface area contributed by atoms with Gasteiger partial charge in [-0.15, -0.1) is 0 Å². The van der Waals surface area contributed by atoms with Crippen LogP contribution in [0.5, 0.6) is 0 Å². The van der Waals surface area contributed by atoms with Crippen LogP contribution < -0.4 is 11.1 Å². The van der Waals surface area contributed by atoms with E-state index < -0.39 is 0 Å². The van der Waals surface area contributed by atoms with Crippen LogP contribution in [0.4, 0.5) is 0 Å². The Labute approximate surface area is 89.5 Å². The van der Waals surface area contributed by atoms with Crippen LogP contribution in [-0.4, -0.2) is 5.11 Å². The Morgan fingerprint density at radius 3 is 2.50 bits per heavy atom. The third kappa shape index (κ3) is 2.23. The van der Waals surface area contributed by atoms with Gasteiger partial charge in [0.2, 0.25) is 0 Å². The highest BCUT2D eigenvalue weighted by Crippen LogP contribution is 2.40. The average Bonchev–Trinajstić information content (AvgIpc) is 2.99. The molecule has 0 radical (unpaired) electrons. The molecule has 74 valence electrons. The van der Waals surface area contributed by atoms with Crippen molar-refractivity contribution in [2.75, 3.05) is 0 Å². The van der Waals surface area contributed by atoms with Crippen molar-refractivity contribution in [2.24, 2.45) is 11.7 Å². The van der Waals surface area contributed by atoms with Gasteiger partial charge < -0.3 is 11.1 Å². The van der Waals surface area contributed by atoms with E-state index in [9.17, 15) is 0 Å². The van der Waals surface area contributed by atoms with Gasteiger partial charge in [0, 0.05) is 0 Å². The fourth-order valence-corrected chi connectivity index (χ4v) is 1.84. The maximum Gasteiger partial charge on any atom is 0.164 e. The molecule has 0 spiro atoms. The monoisotopic (exact) mass is 206 g/mol. The fourth-order valence-electron chi connectivity index (χ4n) is 1.72. The first kappa shape index (κ1) is 9.46. The summed E-state index contributed by atoms with van der Waals surface area (Å²) in [7, 11) is 0. The van der Waals surface area contributed by atoms with Crippen molar-refractivity contribution in [2.45, 2.75) is 18.9 Å². The molecule has 1 saturated carbocycles. The molecule has 3 heteroatoms. The Morgan fingerprint density at radius 2 is 2.00 bits per heavy atom. The summed E-state index contributed by atoms with van der Waals surface area (Å²) >= 11 is 4.89. The molecular formula is C11H14N2S. The van der Waals surface area contributed by atoms with E-state index in [2.05, 4.69) is 17.4 Å². The highest BCUT2D eigenvalue weighted by molar-refractivity contribution is 7.80. The summed E-state index contributed by atoms with van der Waals surface area (Å²) in [5.74, 6) is 0.707. The van der Waals surface area contributed by atoms with E-state index in [1.165, 1.54) is 18.4 Å². The fraction of sp³-hybridized carbons (Fsp3) is 0.364. The molecule has 2 rings (SSSR count). The number of thiocarbonyl (C=S) groups is 1. The molecule has 1 aliphatic carbocycles. The third-order valence-corrected chi connectivity index (χ3v) is 2.67. The summed E-state index contributed by atoms with van der Waals surface area (Å²) in [6, 6.07) is 10.7. The van der Waals surface area contributed by atoms with Gasteiger partial charge in [-0.3, -0.25) is 0 Å². The smallest absolute Gasteiger partial charge is 0.164 e. The molecule has 0 aliphatic heterocycles. The molecular weight excluding hydrogens is 192 g/mol. The predicted octanol–water partition coefficient (Wildman–Crippen LogP) is 1.97. The maximum absolute atomic E-state index is 5.52. The second-order valence-electron chi connectivity index (χ2n) is 3.73. The number of hydrogen-bond donors (Lipinski definition) is 2. The molecule has 3 N–H and O–H groups in total. The van der Waals surface area contributed by atoms with Crippen LogP contribution in [0, 0.1) is 5.92 Å². The van der Waals surface area contributed by atoms with E-state index in [4.69, 9.17) is 18.0 Å². The van der Waals surface area contributed by atoms with Gasteiger partial charge in [-0.25, -0.2) is 0 Å². The van der Waals surface area contributed by atoms with E-state index in [0.717, 1.165) is 0 Å². The Bertz CT molecular complexity index is 319. The standard InChI is InChI=1S/C11H14N2S/c12-11(14)13-10(9-6-7-9)8-4-2-1-3-5-8/h1-5,9-10H,6-7H2,(H3,12,13,14)/t10-/m1/s1. The number of benzene rings is 1. The van der Waals surface area contributed by atoms with Gasteiger partial charge in [0.25, 0.3) is 0 Å². The highest BCUT2D eigenvalue weighted by Gasteiger charge is 2.32. The minimum absolute atomic E-state index is 0.314. The van der Waals surface area contributed by atoms with Gasteiger partial charge in [-0.2, -0.15) is 0 Å². The lowest BCUT2D eigenvalue weighted by molar-refractivity contribution is 0.572. The van der Waals surface area contributed by atoms with Crippen LogP contribution in [-0.2, 0) is 0 Å². The lowest BCUT2D eigenvalue weighted by Gasteiger charge is -2.18. The van der Waals surface area contributed by atoms with Gasteiger partial charge >= 0.3 is 0 Å². The SMILES string of the molecule is NC(=S)N[C@H](c1ccccc1)C1CC1. The normalized spacial score (nSPS) is 17.4. The first-order chi connectivity index (χ1) is 6.77. The van der Waals surface area contributed by atoms with E-state index >= 15 is 0 Å². The first-order valence-corrected chi connectivity index (χ1v) is 5.29. The quantitative estimate of drug-likeness (QED) is 0.743. The number of rotatable bonds is 3. The topological polar surface area (TPSA) is 38.0 Å². The van der Waals surface area contributed by atoms with E-state index in [1.54, 1.807) is 0 Å². The van der Waals surface area contributed by atoms with Crippen LogP contribution in [0.3, 0.4) is 0 Å². The molecule has 1 aromatic rings. The van der Waals surface area contributed by atoms with Crippen molar-refractivity contribution in [3.63, 3.8) is 0 Å². The van der Waals surface area contributed by atoms with Crippen LogP contribution in [0.15, 0.2) is 30.3 Å². The van der Waals surface area contributed by atoms with Gasteiger partial charge in [0.1, 0.15) is 0 Å². The zero-order valence-corrected chi connectivity index (χ0v) is 8.76. The average molecular weight is 206 g/mol. The zero-order valence-electron chi connectivity index (χ0n) is 7.94. The van der Waals surface area contributed by atoms with Gasteiger partial charge in [-0.1, -0.05) is 30.3 Å². The van der Waals surface area contributed by atoms with E-state index in [-0.39, 0.29) is 0 Å². The van der Waals surface area contributed by atoms with Crippen molar-refractivity contribution >= 4 is 17.3 Å². The lowest BCUT2D eigenvalue weighted by Crippen LogP contribution is -2.33. The summed E-state index contributed by atoms with van der Waals surface area (Å²) in [5, 5.41) is 3.56. The molecule has 0 aromatic heterocycles. The summed E-state index contributed by atoms with van der Waals surface area (Å²) < 4.78 is 0. The lowest BCUT2D eigenvalue weighted by atomic mass is 10.0. The second-order valence-corrected chi connectivity index (χ2v) is 4.17. The molecule has 0 unspecified atom stereocenters. The van der Waals surface area contributed by atoms with Crippen LogP contribution >= 0.6 is 12.2 Å². The molecule has 0 saturated heterocycles. The first-order valence-electron chi connectivity index (χ1n) is 4.88. The number of nitrogens with one attached hydrogen (secondary N) is 1. The van der Waals surface area contributed by atoms with E-state index in [0.29, 0.717) is 17.1 Å². The molecule has 1 fully saturated rings. The predicted molar refractivity (Wildman–Crippen MR) is 61.8 cm³/mol. The Hall–Kier alpha value is -1.09. The van der Waals surface area contributed by atoms with Crippen molar-refractivity contribution < 1.29 is 0 Å². The summed E-state index contributed by atoms with van der Waals surface area (Å²) in [6.45, 7) is 0. The number of nitrogens with two attached hydrogens (primary N) is 1. The molecule has 0 bridgehead atoms. The zero-order chi connectivity index (χ0) is 9.97. The Morgan fingerprint density at radius 1 is 1.36 bits per heavy atom. The van der Waals surface area contributed by atoms with E-state index in [1.807, 2.05) is 18.2 Å².